The highest BCUT2D eigenvalue weighted by molar-refractivity contribution is 5.95. The first-order chi connectivity index (χ1) is 20.9. The molecule has 2 N–H and O–H groups in total. The first kappa shape index (κ1) is 28.6. The van der Waals surface area contributed by atoms with Gasteiger partial charge in [0, 0.05) is 56.5 Å². The summed E-state index contributed by atoms with van der Waals surface area (Å²) in [6.07, 6.45) is 6.55. The van der Waals surface area contributed by atoms with Gasteiger partial charge in [0.1, 0.15) is 29.2 Å². The average molecular weight is 588 g/mol. The van der Waals surface area contributed by atoms with E-state index in [0.29, 0.717) is 67.9 Å². The van der Waals surface area contributed by atoms with Crippen LogP contribution in [0.15, 0.2) is 54.9 Å². The lowest BCUT2D eigenvalue weighted by molar-refractivity contribution is -0.130. The first-order valence-electron chi connectivity index (χ1n) is 14.9. The zero-order valence-electron chi connectivity index (χ0n) is 24.3. The molecule has 2 fully saturated rings. The molecular formula is C32H37N5O6. The van der Waals surface area contributed by atoms with Crippen LogP contribution < -0.4 is 24.8 Å². The number of imidazole rings is 1. The van der Waals surface area contributed by atoms with Crippen LogP contribution >= 0.6 is 0 Å². The molecule has 11 heteroatoms. The minimum absolute atomic E-state index is 0.0134. The zero-order chi connectivity index (χ0) is 29.8. The molecule has 1 saturated heterocycles. The quantitative estimate of drug-likeness (QED) is 0.436. The molecule has 0 radical (unpaired) electrons. The Morgan fingerprint density at radius 2 is 1.93 bits per heavy atom. The van der Waals surface area contributed by atoms with Gasteiger partial charge in [-0.1, -0.05) is 19.1 Å². The van der Waals surface area contributed by atoms with Gasteiger partial charge in [0.2, 0.25) is 5.91 Å². The van der Waals surface area contributed by atoms with Crippen molar-refractivity contribution in [1.29, 1.82) is 0 Å². The van der Waals surface area contributed by atoms with Crippen LogP contribution in [0, 0.1) is 5.92 Å². The second-order valence-corrected chi connectivity index (χ2v) is 11.3. The Hall–Kier alpha value is -4.54. The maximum absolute atomic E-state index is 13.6. The van der Waals surface area contributed by atoms with E-state index in [9.17, 15) is 14.4 Å². The maximum atomic E-state index is 13.6. The van der Waals surface area contributed by atoms with E-state index >= 15 is 0 Å². The number of carbonyl (C=O) groups excluding carboxylic acids is 3. The van der Waals surface area contributed by atoms with Gasteiger partial charge in [-0.3, -0.25) is 14.4 Å². The number of aromatic nitrogens is 2. The lowest BCUT2D eigenvalue weighted by atomic mass is 10.1. The van der Waals surface area contributed by atoms with E-state index in [1.165, 1.54) is 0 Å². The van der Waals surface area contributed by atoms with Gasteiger partial charge in [-0.25, -0.2) is 4.98 Å². The van der Waals surface area contributed by atoms with Crippen molar-refractivity contribution >= 4 is 17.7 Å². The van der Waals surface area contributed by atoms with Gasteiger partial charge in [0.25, 0.3) is 11.8 Å². The molecule has 4 heterocycles. The van der Waals surface area contributed by atoms with E-state index < -0.39 is 12.1 Å². The molecule has 1 saturated carbocycles. The van der Waals surface area contributed by atoms with Crippen LogP contribution in [-0.4, -0.2) is 70.6 Å². The Bertz CT molecular complexity index is 1470. The number of rotatable bonds is 7. The minimum atomic E-state index is -0.460. The summed E-state index contributed by atoms with van der Waals surface area (Å²) in [4.78, 5) is 45.5. The van der Waals surface area contributed by atoms with Crippen LogP contribution in [0.25, 0.3) is 0 Å². The summed E-state index contributed by atoms with van der Waals surface area (Å²) >= 11 is 0. The number of benzene rings is 2. The number of nitrogens with zero attached hydrogens (tertiary/aromatic N) is 3. The Morgan fingerprint density at radius 1 is 1.09 bits per heavy atom. The summed E-state index contributed by atoms with van der Waals surface area (Å²) in [5.74, 6) is 2.32. The van der Waals surface area contributed by atoms with Crippen LogP contribution in [0.1, 0.15) is 47.9 Å². The molecule has 4 bridgehead atoms. The normalized spacial score (nSPS) is 20.3. The molecule has 0 unspecified atom stereocenters. The Balaban J connectivity index is 1.22. The summed E-state index contributed by atoms with van der Waals surface area (Å²) in [5.41, 5.74) is 1.24. The molecule has 2 aromatic carbocycles. The van der Waals surface area contributed by atoms with E-state index in [1.54, 1.807) is 29.3 Å². The molecule has 0 spiro atoms. The second kappa shape index (κ2) is 12.8. The Morgan fingerprint density at radius 3 is 2.72 bits per heavy atom. The molecule has 11 nitrogen and oxygen atoms in total. The third kappa shape index (κ3) is 7.28. The lowest BCUT2D eigenvalue weighted by Gasteiger charge is -2.21. The van der Waals surface area contributed by atoms with Crippen LogP contribution in [0.2, 0.25) is 0 Å². The van der Waals surface area contributed by atoms with Crippen molar-refractivity contribution in [2.45, 2.75) is 57.8 Å². The SMILES string of the molecule is CCc1nccn1CCC(=O)N1C[C@@H]2NC(=O)c3cc(cc(OCC4CC4)c3)OCC(=O)NCc3ccc(cc3)O[C@H]2C1. The van der Waals surface area contributed by atoms with Gasteiger partial charge in [-0.15, -0.1) is 0 Å². The molecule has 226 valence electrons. The smallest absolute Gasteiger partial charge is 0.258 e. The van der Waals surface area contributed by atoms with Crippen molar-refractivity contribution in [2.75, 3.05) is 26.3 Å². The Labute approximate surface area is 250 Å². The average Bonchev–Trinajstić information content (AvgIpc) is 3.60. The molecule has 3 aliphatic heterocycles. The molecule has 3 aromatic rings. The molecule has 43 heavy (non-hydrogen) atoms. The van der Waals surface area contributed by atoms with Gasteiger partial charge < -0.3 is 34.3 Å². The van der Waals surface area contributed by atoms with E-state index in [2.05, 4.69) is 15.6 Å². The fourth-order valence-electron chi connectivity index (χ4n) is 5.35. The number of fused-ring (bicyclic) bond motifs is 7. The van der Waals surface area contributed by atoms with Gasteiger partial charge in [0.15, 0.2) is 6.61 Å². The number of likely N-dealkylation sites (tertiary alicyclic amines) is 1. The van der Waals surface area contributed by atoms with Crippen molar-refractivity contribution in [3.05, 3.63) is 71.8 Å². The van der Waals surface area contributed by atoms with E-state index in [-0.39, 0.29) is 24.3 Å². The molecule has 1 aliphatic carbocycles. The standard InChI is InChI=1S/C32H37N5O6/c1-2-29-33-10-12-36(29)11-9-31(39)37-17-27-28(18-37)43-24-7-5-21(6-8-24)16-34-30(38)20-42-26-14-23(32(40)35-27)13-25(15-26)41-19-22-3-4-22/h5-8,10,12-15,22,27-28H,2-4,9,11,16-20H2,1H3,(H,34,38)(H,35,40)/t27-,28-/m0/s1. The fourth-order valence-corrected chi connectivity index (χ4v) is 5.35. The minimum Gasteiger partial charge on any atom is -0.493 e. The molecule has 1 aromatic heterocycles. The van der Waals surface area contributed by atoms with Crippen LogP contribution in [-0.2, 0) is 29.1 Å². The van der Waals surface area contributed by atoms with E-state index in [0.717, 1.165) is 30.7 Å². The predicted molar refractivity (Wildman–Crippen MR) is 157 cm³/mol. The summed E-state index contributed by atoms with van der Waals surface area (Å²) in [6, 6.07) is 12.0. The summed E-state index contributed by atoms with van der Waals surface area (Å²) in [5, 5.41) is 5.95. The molecule has 2 atom stereocenters. The second-order valence-electron chi connectivity index (χ2n) is 11.3. The van der Waals surface area contributed by atoms with Gasteiger partial charge in [0.05, 0.1) is 19.2 Å². The molecular weight excluding hydrogens is 550 g/mol. The third-order valence-corrected chi connectivity index (χ3v) is 8.02. The highest BCUT2D eigenvalue weighted by Crippen LogP contribution is 2.31. The van der Waals surface area contributed by atoms with Crippen LogP contribution in [0.4, 0.5) is 0 Å². The van der Waals surface area contributed by atoms with Crippen LogP contribution in [0.5, 0.6) is 17.2 Å². The first-order valence-corrected chi connectivity index (χ1v) is 14.9. The van der Waals surface area contributed by atoms with Crippen LogP contribution in [0.3, 0.4) is 0 Å². The number of aryl methyl sites for hydroxylation is 2. The van der Waals surface area contributed by atoms with Crippen molar-refractivity contribution in [3.8, 4) is 17.2 Å². The van der Waals surface area contributed by atoms with Gasteiger partial charge in [-0.05, 0) is 48.6 Å². The fraction of sp³-hybridized carbons (Fsp3) is 0.438. The highest BCUT2D eigenvalue weighted by atomic mass is 16.5. The van der Waals surface area contributed by atoms with Crippen molar-refractivity contribution in [1.82, 2.24) is 25.1 Å². The summed E-state index contributed by atoms with van der Waals surface area (Å²) in [7, 11) is 0. The number of hydrogen-bond acceptors (Lipinski definition) is 7. The summed E-state index contributed by atoms with van der Waals surface area (Å²) < 4.78 is 20.1. The zero-order valence-corrected chi connectivity index (χ0v) is 24.3. The number of ether oxygens (including phenoxy) is 3. The number of nitrogens with one attached hydrogen (secondary N) is 2. The number of amides is 3. The van der Waals surface area contributed by atoms with Gasteiger partial charge >= 0.3 is 0 Å². The summed E-state index contributed by atoms with van der Waals surface area (Å²) in [6.45, 7) is 3.93. The largest absolute Gasteiger partial charge is 0.493 e. The predicted octanol–water partition coefficient (Wildman–Crippen LogP) is 2.72. The lowest BCUT2D eigenvalue weighted by Crippen LogP contribution is -2.45. The molecule has 4 aliphatic rings. The Kier molecular flexibility index (Phi) is 8.48. The maximum Gasteiger partial charge on any atom is 0.258 e. The molecule has 3 amide bonds. The van der Waals surface area contributed by atoms with Crippen molar-refractivity contribution in [2.24, 2.45) is 5.92 Å². The topological polar surface area (TPSA) is 124 Å². The monoisotopic (exact) mass is 587 g/mol. The number of carbonyl (C=O) groups is 3. The van der Waals surface area contributed by atoms with Gasteiger partial charge in [-0.2, -0.15) is 0 Å². The van der Waals surface area contributed by atoms with E-state index in [4.69, 9.17) is 14.2 Å². The third-order valence-electron chi connectivity index (χ3n) is 8.02. The van der Waals surface area contributed by atoms with E-state index in [1.807, 2.05) is 42.0 Å². The number of hydrogen-bond donors (Lipinski definition) is 2. The van der Waals surface area contributed by atoms with Crippen molar-refractivity contribution < 1.29 is 28.6 Å². The highest BCUT2D eigenvalue weighted by Gasteiger charge is 2.38. The molecule has 7 rings (SSSR count). The van der Waals surface area contributed by atoms with Crippen molar-refractivity contribution in [3.63, 3.8) is 0 Å².